The summed E-state index contributed by atoms with van der Waals surface area (Å²) >= 11 is 0. The van der Waals surface area contributed by atoms with Crippen LogP contribution in [0.4, 0.5) is 10.2 Å². The quantitative estimate of drug-likeness (QED) is 0.490. The minimum Gasteiger partial charge on any atom is -0.493 e. The molecule has 158 valence electrons. The molecule has 1 aromatic carbocycles. The number of fused-ring (bicyclic) bond motifs is 3. The van der Waals surface area contributed by atoms with Crippen LogP contribution in [0.25, 0.3) is 16.8 Å². The van der Waals surface area contributed by atoms with Gasteiger partial charge in [0.15, 0.2) is 17.3 Å². The zero-order valence-corrected chi connectivity index (χ0v) is 17.2. The minimum absolute atomic E-state index is 0.0693. The number of halogens is 1. The summed E-state index contributed by atoms with van der Waals surface area (Å²) in [5.41, 5.74) is 4.87. The predicted molar refractivity (Wildman–Crippen MR) is 115 cm³/mol. The molecule has 0 saturated carbocycles. The Kier molecular flexibility index (Phi) is 4.05. The van der Waals surface area contributed by atoms with Crippen molar-refractivity contribution >= 4 is 11.5 Å². The number of hydrogen-bond donors (Lipinski definition) is 1. The van der Waals surface area contributed by atoms with E-state index in [4.69, 9.17) is 9.47 Å². The maximum absolute atomic E-state index is 14.8. The molecule has 0 saturated heterocycles. The van der Waals surface area contributed by atoms with Gasteiger partial charge in [-0.3, -0.25) is 9.38 Å². The Hall–Kier alpha value is -4.12. The highest BCUT2D eigenvalue weighted by molar-refractivity contribution is 5.83. The highest BCUT2D eigenvalue weighted by Gasteiger charge is 2.31. The van der Waals surface area contributed by atoms with E-state index in [-0.39, 0.29) is 24.0 Å². The molecule has 0 spiro atoms. The summed E-state index contributed by atoms with van der Waals surface area (Å²) in [6.07, 6.45) is 3.40. The number of aromatic nitrogens is 3. The number of benzene rings is 1. The fourth-order valence-electron chi connectivity index (χ4n) is 4.56. The zero-order valence-electron chi connectivity index (χ0n) is 17.2. The molecular weight excluding hydrogens is 409 g/mol. The van der Waals surface area contributed by atoms with E-state index in [9.17, 15) is 9.65 Å². The first-order valence-corrected chi connectivity index (χ1v) is 10.3. The first-order chi connectivity index (χ1) is 15.6. The van der Waals surface area contributed by atoms with Crippen LogP contribution in [0.3, 0.4) is 0 Å². The van der Waals surface area contributed by atoms with Crippen molar-refractivity contribution in [1.82, 2.24) is 14.4 Å². The summed E-state index contributed by atoms with van der Waals surface area (Å²) in [4.78, 5) is 8.92. The lowest BCUT2D eigenvalue weighted by Gasteiger charge is -2.17. The normalized spacial score (nSPS) is 16.5. The maximum atomic E-state index is 14.8. The Morgan fingerprint density at radius 3 is 2.84 bits per heavy atom. The largest absolute Gasteiger partial charge is 0.493 e. The Balaban J connectivity index is 1.57. The average Bonchev–Trinajstić information content (AvgIpc) is 3.42. The van der Waals surface area contributed by atoms with E-state index < -0.39 is 0 Å². The summed E-state index contributed by atoms with van der Waals surface area (Å²) in [6.45, 7) is 2.97. The van der Waals surface area contributed by atoms with Gasteiger partial charge in [0.05, 0.1) is 19.1 Å². The molecule has 4 aromatic rings. The molecular formula is C24H18FN5O2. The van der Waals surface area contributed by atoms with Crippen LogP contribution in [0.1, 0.15) is 28.4 Å². The average molecular weight is 427 g/mol. The monoisotopic (exact) mass is 427 g/mol. The van der Waals surface area contributed by atoms with E-state index in [1.807, 2.05) is 25.1 Å². The Labute approximate surface area is 183 Å². The molecule has 0 bridgehead atoms. The second kappa shape index (κ2) is 6.95. The van der Waals surface area contributed by atoms with Crippen molar-refractivity contribution in [3.63, 3.8) is 0 Å². The molecule has 0 amide bonds. The number of nitrogens with zero attached hydrogens (tertiary/aromatic N) is 4. The molecule has 1 atom stereocenters. The summed E-state index contributed by atoms with van der Waals surface area (Å²) in [5, 5.41) is 12.8. The SMILES string of the molecule is Cc1ncccc1-c1cc2c(n3cc(C#N)nc13)NCc1c(F)ccc3c1C(CO3)CO2. The van der Waals surface area contributed by atoms with Gasteiger partial charge in [-0.05, 0) is 31.2 Å². The third-order valence-corrected chi connectivity index (χ3v) is 6.09. The van der Waals surface area contributed by atoms with Crippen molar-refractivity contribution in [1.29, 1.82) is 5.26 Å². The van der Waals surface area contributed by atoms with Gasteiger partial charge >= 0.3 is 0 Å². The van der Waals surface area contributed by atoms with Crippen molar-refractivity contribution in [2.75, 3.05) is 18.5 Å². The van der Waals surface area contributed by atoms with E-state index in [2.05, 4.69) is 21.4 Å². The van der Waals surface area contributed by atoms with Gasteiger partial charge in [0.1, 0.15) is 23.3 Å². The van der Waals surface area contributed by atoms with Crippen molar-refractivity contribution < 1.29 is 13.9 Å². The van der Waals surface area contributed by atoms with Crippen molar-refractivity contribution in [3.05, 3.63) is 71.1 Å². The summed E-state index contributed by atoms with van der Waals surface area (Å²) in [7, 11) is 0. The van der Waals surface area contributed by atoms with Gasteiger partial charge in [-0.25, -0.2) is 9.37 Å². The fraction of sp³-hybridized carbons (Fsp3) is 0.208. The molecule has 8 heteroatoms. The molecule has 32 heavy (non-hydrogen) atoms. The van der Waals surface area contributed by atoms with Crippen LogP contribution >= 0.6 is 0 Å². The van der Waals surface area contributed by atoms with Crippen LogP contribution in [0.15, 0.2) is 42.7 Å². The molecule has 7 nitrogen and oxygen atoms in total. The number of nitriles is 1. The summed E-state index contributed by atoms with van der Waals surface area (Å²) < 4.78 is 28.6. The highest BCUT2D eigenvalue weighted by Crippen LogP contribution is 2.42. The number of hydrogen-bond acceptors (Lipinski definition) is 6. The van der Waals surface area contributed by atoms with E-state index >= 15 is 0 Å². The van der Waals surface area contributed by atoms with Crippen LogP contribution in [-0.2, 0) is 6.54 Å². The van der Waals surface area contributed by atoms with E-state index in [0.717, 1.165) is 22.4 Å². The number of aryl methyl sites for hydroxylation is 1. The Bertz CT molecular complexity index is 1440. The van der Waals surface area contributed by atoms with Gasteiger partial charge < -0.3 is 14.8 Å². The van der Waals surface area contributed by atoms with Gasteiger partial charge in [0, 0.05) is 46.9 Å². The lowest BCUT2D eigenvalue weighted by atomic mass is 9.96. The molecule has 3 aromatic heterocycles. The van der Waals surface area contributed by atoms with Crippen LogP contribution in [0, 0.1) is 24.1 Å². The van der Waals surface area contributed by atoms with E-state index in [1.54, 1.807) is 22.9 Å². The summed E-state index contributed by atoms with van der Waals surface area (Å²) in [6, 6.07) is 11.0. The van der Waals surface area contributed by atoms with E-state index in [0.29, 0.717) is 41.7 Å². The second-order valence-corrected chi connectivity index (χ2v) is 7.95. The van der Waals surface area contributed by atoms with Gasteiger partial charge in [-0.15, -0.1) is 0 Å². The Morgan fingerprint density at radius 1 is 1.19 bits per heavy atom. The lowest BCUT2D eigenvalue weighted by Crippen LogP contribution is -2.13. The third kappa shape index (κ3) is 2.71. The maximum Gasteiger partial charge on any atom is 0.160 e. The smallest absolute Gasteiger partial charge is 0.160 e. The minimum atomic E-state index is -0.280. The van der Waals surface area contributed by atoms with Crippen molar-refractivity contribution in [3.8, 4) is 28.7 Å². The molecule has 2 aliphatic heterocycles. The zero-order chi connectivity index (χ0) is 21.8. The van der Waals surface area contributed by atoms with Gasteiger partial charge in [0.2, 0.25) is 0 Å². The Morgan fingerprint density at radius 2 is 2.03 bits per heavy atom. The first kappa shape index (κ1) is 18.6. The van der Waals surface area contributed by atoms with Gasteiger partial charge in [-0.1, -0.05) is 6.07 Å². The highest BCUT2D eigenvalue weighted by atomic mass is 19.1. The number of anilines is 1. The third-order valence-electron chi connectivity index (χ3n) is 6.09. The molecule has 0 fully saturated rings. The van der Waals surface area contributed by atoms with Gasteiger partial charge in [-0.2, -0.15) is 5.26 Å². The van der Waals surface area contributed by atoms with E-state index in [1.165, 1.54) is 6.07 Å². The van der Waals surface area contributed by atoms with Crippen LogP contribution < -0.4 is 14.8 Å². The number of nitrogens with one attached hydrogen (secondary N) is 1. The number of imidazole rings is 1. The van der Waals surface area contributed by atoms with Crippen molar-refractivity contribution in [2.24, 2.45) is 0 Å². The van der Waals surface area contributed by atoms with Crippen LogP contribution in [0.5, 0.6) is 11.5 Å². The second-order valence-electron chi connectivity index (χ2n) is 7.95. The molecule has 6 rings (SSSR count). The standard InChI is InChI=1S/C24H18FN5O2/c1-13-16(3-2-6-27-13)17-7-21-24(30-10-15(8-26)29-23(17)30)28-9-18-19(25)4-5-20-22(18)14(11-31-20)12-32-21/h2-7,10,14,28H,9,11-12H2,1H3. The predicted octanol–water partition coefficient (Wildman–Crippen LogP) is 4.20. The first-order valence-electron chi connectivity index (χ1n) is 10.3. The molecule has 1 N–H and O–H groups in total. The number of pyridine rings is 2. The van der Waals surface area contributed by atoms with Crippen LogP contribution in [-0.4, -0.2) is 27.6 Å². The number of rotatable bonds is 1. The lowest BCUT2D eigenvalue weighted by molar-refractivity contribution is 0.249. The number of ether oxygens (including phenoxy) is 2. The topological polar surface area (TPSA) is 84.5 Å². The van der Waals surface area contributed by atoms with Crippen LogP contribution in [0.2, 0.25) is 0 Å². The van der Waals surface area contributed by atoms with Gasteiger partial charge in [0.25, 0.3) is 0 Å². The molecule has 5 heterocycles. The fourth-order valence-corrected chi connectivity index (χ4v) is 4.56. The molecule has 1 unspecified atom stereocenters. The molecule has 0 aliphatic carbocycles. The molecule has 0 radical (unpaired) electrons. The molecule has 2 aliphatic rings. The van der Waals surface area contributed by atoms with Crippen molar-refractivity contribution in [2.45, 2.75) is 19.4 Å². The summed E-state index contributed by atoms with van der Waals surface area (Å²) in [5.74, 6) is 1.57.